The van der Waals surface area contributed by atoms with Gasteiger partial charge in [-0.05, 0) is 0 Å². The van der Waals surface area contributed by atoms with E-state index in [1.165, 1.54) is 0 Å². The molecule has 3 heterocycles. The van der Waals surface area contributed by atoms with Gasteiger partial charge in [-0.2, -0.15) is 10.2 Å². The van der Waals surface area contributed by atoms with E-state index in [2.05, 4.69) is 37.1 Å². The maximum atomic E-state index is 5.77. The van der Waals surface area contributed by atoms with Crippen LogP contribution in [0.2, 0.25) is 0 Å². The monoisotopic (exact) mass is 277 g/mol. The van der Waals surface area contributed by atoms with E-state index >= 15 is 0 Å². The Morgan fingerprint density at radius 1 is 1.45 bits per heavy atom. The summed E-state index contributed by atoms with van der Waals surface area (Å²) in [6, 6.07) is 0. The van der Waals surface area contributed by atoms with E-state index in [-0.39, 0.29) is 6.10 Å². The molecule has 1 N–H and O–H groups in total. The number of nitrogens with one attached hydrogen (secondary N) is 1. The number of aromatic amines is 1. The van der Waals surface area contributed by atoms with Crippen molar-refractivity contribution in [3.05, 3.63) is 24.3 Å². The molecule has 0 aromatic carbocycles. The highest BCUT2D eigenvalue weighted by Gasteiger charge is 2.25. The van der Waals surface area contributed by atoms with Crippen LogP contribution in [-0.2, 0) is 17.7 Å². The van der Waals surface area contributed by atoms with E-state index < -0.39 is 0 Å². The first-order valence-corrected chi connectivity index (χ1v) is 6.92. The number of H-pyrrole nitrogens is 1. The van der Waals surface area contributed by atoms with Crippen molar-refractivity contribution in [2.45, 2.75) is 26.0 Å². The maximum absolute atomic E-state index is 5.77. The highest BCUT2D eigenvalue weighted by molar-refractivity contribution is 4.96. The second-order valence-corrected chi connectivity index (χ2v) is 4.81. The summed E-state index contributed by atoms with van der Waals surface area (Å²) in [6.45, 7) is 6.26. The van der Waals surface area contributed by atoms with Crippen LogP contribution in [0.3, 0.4) is 0 Å². The molecule has 1 aliphatic heterocycles. The predicted molar refractivity (Wildman–Crippen MR) is 70.9 cm³/mol. The molecule has 0 unspecified atom stereocenters. The third kappa shape index (κ3) is 3.02. The molecule has 0 spiro atoms. The summed E-state index contributed by atoms with van der Waals surface area (Å²) in [5.41, 5.74) is 0. The van der Waals surface area contributed by atoms with Crippen LogP contribution in [0.25, 0.3) is 0 Å². The molecule has 1 saturated heterocycles. The zero-order valence-corrected chi connectivity index (χ0v) is 11.6. The summed E-state index contributed by atoms with van der Waals surface area (Å²) in [5.74, 6) is 1.66. The molecule has 0 bridgehead atoms. The molecule has 8 nitrogen and oxygen atoms in total. The van der Waals surface area contributed by atoms with Crippen molar-refractivity contribution in [1.29, 1.82) is 0 Å². The van der Waals surface area contributed by atoms with Gasteiger partial charge < -0.3 is 4.74 Å². The first-order valence-electron chi connectivity index (χ1n) is 6.92. The maximum Gasteiger partial charge on any atom is 0.180 e. The summed E-state index contributed by atoms with van der Waals surface area (Å²) in [5, 5.41) is 11.3. The average Bonchev–Trinajstić information content (AvgIpc) is 3.16. The topological polar surface area (TPSA) is 84.8 Å². The van der Waals surface area contributed by atoms with Crippen molar-refractivity contribution >= 4 is 0 Å². The van der Waals surface area contributed by atoms with E-state index in [0.29, 0.717) is 6.61 Å². The summed E-state index contributed by atoms with van der Waals surface area (Å²) in [7, 11) is 0. The van der Waals surface area contributed by atoms with E-state index in [1.54, 1.807) is 12.7 Å². The van der Waals surface area contributed by atoms with Gasteiger partial charge in [0.15, 0.2) is 5.82 Å². The second-order valence-electron chi connectivity index (χ2n) is 4.81. The number of ether oxygens (including phenoxy) is 1. The molecule has 8 heteroatoms. The Balaban J connectivity index is 1.55. The van der Waals surface area contributed by atoms with E-state index in [1.807, 2.05) is 4.68 Å². The molecule has 0 radical (unpaired) electrons. The highest BCUT2D eigenvalue weighted by Crippen LogP contribution is 2.18. The Labute approximate surface area is 117 Å². The van der Waals surface area contributed by atoms with Gasteiger partial charge in [-0.1, -0.05) is 6.92 Å². The summed E-state index contributed by atoms with van der Waals surface area (Å²) in [4.78, 5) is 10.7. The van der Waals surface area contributed by atoms with Crippen molar-refractivity contribution in [3.63, 3.8) is 0 Å². The molecule has 1 atom stereocenters. The number of nitrogens with zero attached hydrogens (tertiary/aromatic N) is 6. The first-order chi connectivity index (χ1) is 9.85. The fraction of sp³-hybridized carbons (Fsp3) is 0.667. The van der Waals surface area contributed by atoms with Gasteiger partial charge in [-0.3, -0.25) is 14.7 Å². The summed E-state index contributed by atoms with van der Waals surface area (Å²) < 4.78 is 7.61. The lowest BCUT2D eigenvalue weighted by molar-refractivity contribution is -0.0352. The number of hydrogen-bond donors (Lipinski definition) is 1. The Morgan fingerprint density at radius 3 is 3.15 bits per heavy atom. The van der Waals surface area contributed by atoms with Crippen molar-refractivity contribution in [2.24, 2.45) is 0 Å². The van der Waals surface area contributed by atoms with Crippen molar-refractivity contribution in [1.82, 2.24) is 34.8 Å². The van der Waals surface area contributed by atoms with Gasteiger partial charge in [0.25, 0.3) is 0 Å². The molecule has 1 fully saturated rings. The molecule has 108 valence electrons. The van der Waals surface area contributed by atoms with Crippen LogP contribution in [0.15, 0.2) is 12.7 Å². The molecule has 20 heavy (non-hydrogen) atoms. The molecule has 1 aliphatic rings. The molecular weight excluding hydrogens is 258 g/mol. The fourth-order valence-corrected chi connectivity index (χ4v) is 2.27. The number of aromatic nitrogens is 6. The quantitative estimate of drug-likeness (QED) is 0.830. The third-order valence-electron chi connectivity index (χ3n) is 3.43. The molecule has 2 aromatic heterocycles. The van der Waals surface area contributed by atoms with Crippen molar-refractivity contribution in [2.75, 3.05) is 26.2 Å². The van der Waals surface area contributed by atoms with Gasteiger partial charge in [0.1, 0.15) is 24.6 Å². The SMILES string of the molecule is CCc1nc([C@@H]2CN(CCn3cncn3)CCO2)n[nH]1. The predicted octanol–water partition coefficient (Wildman–Crippen LogP) is 0.0321. The lowest BCUT2D eigenvalue weighted by Crippen LogP contribution is -2.40. The van der Waals surface area contributed by atoms with Crippen molar-refractivity contribution < 1.29 is 4.74 Å². The van der Waals surface area contributed by atoms with Crippen LogP contribution < -0.4 is 0 Å². The van der Waals surface area contributed by atoms with Gasteiger partial charge in [0.05, 0.1) is 13.2 Å². The Morgan fingerprint density at radius 2 is 2.40 bits per heavy atom. The summed E-state index contributed by atoms with van der Waals surface area (Å²) >= 11 is 0. The van der Waals surface area contributed by atoms with Crippen LogP contribution in [0.1, 0.15) is 24.7 Å². The Hall–Kier alpha value is -1.80. The van der Waals surface area contributed by atoms with E-state index in [4.69, 9.17) is 4.74 Å². The zero-order valence-electron chi connectivity index (χ0n) is 11.6. The average molecular weight is 277 g/mol. The van der Waals surface area contributed by atoms with Crippen LogP contribution >= 0.6 is 0 Å². The minimum absolute atomic E-state index is 0.0453. The molecular formula is C12H19N7O. The number of morpholine rings is 1. The van der Waals surface area contributed by atoms with Gasteiger partial charge in [0.2, 0.25) is 0 Å². The van der Waals surface area contributed by atoms with Crippen LogP contribution in [0, 0.1) is 0 Å². The summed E-state index contributed by atoms with van der Waals surface area (Å²) in [6.07, 6.45) is 4.11. The van der Waals surface area contributed by atoms with Crippen LogP contribution in [0.5, 0.6) is 0 Å². The second kappa shape index (κ2) is 6.10. The minimum Gasteiger partial charge on any atom is -0.367 e. The molecule has 2 aromatic rings. The van der Waals surface area contributed by atoms with Crippen LogP contribution in [-0.4, -0.2) is 61.1 Å². The first kappa shape index (κ1) is 13.2. The lowest BCUT2D eigenvalue weighted by Gasteiger charge is -2.31. The van der Waals surface area contributed by atoms with E-state index in [9.17, 15) is 0 Å². The van der Waals surface area contributed by atoms with Gasteiger partial charge in [0, 0.05) is 26.1 Å². The fourth-order valence-electron chi connectivity index (χ4n) is 2.27. The smallest absolute Gasteiger partial charge is 0.180 e. The van der Waals surface area contributed by atoms with Crippen molar-refractivity contribution in [3.8, 4) is 0 Å². The lowest BCUT2D eigenvalue weighted by atomic mass is 10.2. The van der Waals surface area contributed by atoms with E-state index in [0.717, 1.165) is 44.2 Å². The minimum atomic E-state index is -0.0453. The molecule has 0 amide bonds. The Bertz CT molecular complexity index is 524. The third-order valence-corrected chi connectivity index (χ3v) is 3.43. The molecule has 3 rings (SSSR count). The number of hydrogen-bond acceptors (Lipinski definition) is 6. The van der Waals surface area contributed by atoms with Gasteiger partial charge >= 0.3 is 0 Å². The standard InChI is InChI=1S/C12H19N7O/c1-2-11-15-12(17-16-11)10-7-18(5-6-20-10)3-4-19-9-13-8-14-19/h8-10H,2-7H2,1H3,(H,15,16,17)/t10-/m0/s1. The van der Waals surface area contributed by atoms with Gasteiger partial charge in [-0.25, -0.2) is 9.97 Å². The number of aryl methyl sites for hydroxylation is 1. The number of rotatable bonds is 5. The molecule has 0 aliphatic carbocycles. The van der Waals surface area contributed by atoms with Crippen LogP contribution in [0.4, 0.5) is 0 Å². The Kier molecular flexibility index (Phi) is 4.03. The molecule has 0 saturated carbocycles. The normalized spacial score (nSPS) is 20.4. The zero-order chi connectivity index (χ0) is 13.8. The largest absolute Gasteiger partial charge is 0.367 e. The highest BCUT2D eigenvalue weighted by atomic mass is 16.5. The van der Waals surface area contributed by atoms with Gasteiger partial charge in [-0.15, -0.1) is 0 Å².